The average molecular weight is 377 g/mol. The van der Waals surface area contributed by atoms with Gasteiger partial charge >= 0.3 is 0 Å². The molecule has 0 heterocycles. The van der Waals surface area contributed by atoms with Gasteiger partial charge in [0.2, 0.25) is 5.91 Å². The molecule has 26 heavy (non-hydrogen) atoms. The number of rotatable bonds is 7. The van der Waals surface area contributed by atoms with E-state index in [0.717, 1.165) is 11.1 Å². The molecule has 2 rings (SSSR count). The molecule has 2 aromatic carbocycles. The van der Waals surface area contributed by atoms with E-state index in [9.17, 15) is 13.2 Å². The molecule has 0 spiro atoms. The third kappa shape index (κ3) is 4.76. The maximum atomic E-state index is 12.5. The minimum atomic E-state index is -3.62. The molecule has 1 amide bonds. The van der Waals surface area contributed by atoms with Gasteiger partial charge in [0.15, 0.2) is 21.3 Å². The molecule has 0 aliphatic heterocycles. The molecule has 2 aromatic rings. The molecule has 0 aliphatic carbocycles. The Morgan fingerprint density at radius 1 is 0.962 bits per heavy atom. The Bertz CT molecular complexity index is 906. The molecule has 0 saturated heterocycles. The van der Waals surface area contributed by atoms with Crippen LogP contribution >= 0.6 is 0 Å². The van der Waals surface area contributed by atoms with Crippen molar-refractivity contribution in [2.24, 2.45) is 0 Å². The van der Waals surface area contributed by atoms with Crippen molar-refractivity contribution in [3.8, 4) is 11.5 Å². The lowest BCUT2D eigenvalue weighted by molar-refractivity contribution is -0.115. The number of aryl methyl sites for hydroxylation is 2. The molecule has 0 radical (unpaired) electrons. The van der Waals surface area contributed by atoms with E-state index in [2.05, 4.69) is 5.32 Å². The monoisotopic (exact) mass is 377 g/mol. The number of ether oxygens (including phenoxy) is 2. The summed E-state index contributed by atoms with van der Waals surface area (Å²) in [5, 5.41) is 2.73. The van der Waals surface area contributed by atoms with Gasteiger partial charge in [-0.2, -0.15) is 0 Å². The molecule has 6 nitrogen and oxygen atoms in total. The van der Waals surface area contributed by atoms with Gasteiger partial charge < -0.3 is 14.8 Å². The van der Waals surface area contributed by atoms with Crippen molar-refractivity contribution < 1.29 is 22.7 Å². The van der Waals surface area contributed by atoms with Gasteiger partial charge in [-0.1, -0.05) is 6.07 Å². The zero-order valence-electron chi connectivity index (χ0n) is 15.3. The number of sulfone groups is 1. The smallest absolute Gasteiger partial charge is 0.225 e. The first-order chi connectivity index (χ1) is 12.3. The number of amides is 1. The Hall–Kier alpha value is -2.54. The van der Waals surface area contributed by atoms with Crippen LogP contribution < -0.4 is 14.8 Å². The van der Waals surface area contributed by atoms with Crippen molar-refractivity contribution in [2.75, 3.05) is 25.3 Å². The van der Waals surface area contributed by atoms with Crippen LogP contribution in [0.2, 0.25) is 0 Å². The first kappa shape index (κ1) is 19.8. The van der Waals surface area contributed by atoms with Crippen LogP contribution in [0, 0.1) is 13.8 Å². The molecule has 0 fully saturated rings. The van der Waals surface area contributed by atoms with Gasteiger partial charge in [0.1, 0.15) is 0 Å². The maximum Gasteiger partial charge on any atom is 0.225 e. The van der Waals surface area contributed by atoms with E-state index in [1.54, 1.807) is 6.07 Å². The molecule has 1 N–H and O–H groups in total. The number of hydrogen-bond acceptors (Lipinski definition) is 5. The maximum absolute atomic E-state index is 12.5. The summed E-state index contributed by atoms with van der Waals surface area (Å²) < 4.78 is 35.2. The van der Waals surface area contributed by atoms with E-state index in [0.29, 0.717) is 17.2 Å². The van der Waals surface area contributed by atoms with E-state index in [1.165, 1.54) is 32.4 Å². The SMILES string of the molecule is COc1ccc(S(=O)(=O)CCC(=O)Nc2ccc(C)c(C)c2)cc1OC. The van der Waals surface area contributed by atoms with E-state index in [1.807, 2.05) is 26.0 Å². The number of carbonyl (C=O) groups is 1. The normalized spacial score (nSPS) is 11.1. The highest BCUT2D eigenvalue weighted by Crippen LogP contribution is 2.30. The second-order valence-corrected chi connectivity index (χ2v) is 8.04. The van der Waals surface area contributed by atoms with Gasteiger partial charge in [0.05, 0.1) is 24.9 Å². The quantitative estimate of drug-likeness (QED) is 0.802. The summed E-state index contributed by atoms with van der Waals surface area (Å²) in [5.41, 5.74) is 2.83. The molecule has 0 saturated carbocycles. The Balaban J connectivity index is 2.05. The van der Waals surface area contributed by atoms with Gasteiger partial charge in [0.25, 0.3) is 0 Å². The van der Waals surface area contributed by atoms with Gasteiger partial charge in [-0.05, 0) is 49.2 Å². The number of carbonyl (C=O) groups excluding carboxylic acids is 1. The van der Waals surface area contributed by atoms with E-state index in [-0.39, 0.29) is 23.0 Å². The number of hydrogen-bond donors (Lipinski definition) is 1. The summed E-state index contributed by atoms with van der Waals surface area (Å²) in [6, 6.07) is 9.93. The zero-order valence-corrected chi connectivity index (χ0v) is 16.1. The fourth-order valence-corrected chi connectivity index (χ4v) is 3.65. The minimum Gasteiger partial charge on any atom is -0.493 e. The van der Waals surface area contributed by atoms with Crippen LogP contribution in [0.4, 0.5) is 5.69 Å². The van der Waals surface area contributed by atoms with Crippen molar-refractivity contribution in [1.82, 2.24) is 0 Å². The predicted octanol–water partition coefficient (Wildman–Crippen LogP) is 3.12. The number of anilines is 1. The third-order valence-corrected chi connectivity index (χ3v) is 5.82. The second-order valence-electron chi connectivity index (χ2n) is 5.93. The Kier molecular flexibility index (Phi) is 6.26. The third-order valence-electron chi connectivity index (χ3n) is 4.10. The molecular formula is C19H23NO5S. The highest BCUT2D eigenvalue weighted by molar-refractivity contribution is 7.91. The zero-order chi connectivity index (χ0) is 19.3. The summed E-state index contributed by atoms with van der Waals surface area (Å²) >= 11 is 0. The molecular weight excluding hydrogens is 354 g/mol. The predicted molar refractivity (Wildman–Crippen MR) is 101 cm³/mol. The van der Waals surface area contributed by atoms with Crippen molar-refractivity contribution in [2.45, 2.75) is 25.2 Å². The van der Waals surface area contributed by atoms with Crippen LogP contribution in [0.1, 0.15) is 17.5 Å². The fraction of sp³-hybridized carbons (Fsp3) is 0.316. The van der Waals surface area contributed by atoms with Crippen LogP contribution in [-0.4, -0.2) is 34.3 Å². The molecule has 0 unspecified atom stereocenters. The van der Waals surface area contributed by atoms with E-state index >= 15 is 0 Å². The Labute approximate surface area is 154 Å². The fourth-order valence-electron chi connectivity index (χ4n) is 2.40. The summed E-state index contributed by atoms with van der Waals surface area (Å²) in [4.78, 5) is 12.2. The standard InChI is InChI=1S/C19H23NO5S/c1-13-5-6-15(11-14(13)2)20-19(21)9-10-26(22,23)16-7-8-17(24-3)18(12-16)25-4/h5-8,11-12H,9-10H2,1-4H3,(H,20,21). The van der Waals surface area contributed by atoms with Crippen molar-refractivity contribution in [3.05, 3.63) is 47.5 Å². The first-order valence-corrected chi connectivity index (χ1v) is 9.74. The number of nitrogens with one attached hydrogen (secondary N) is 1. The average Bonchev–Trinajstić information content (AvgIpc) is 2.62. The largest absolute Gasteiger partial charge is 0.493 e. The lowest BCUT2D eigenvalue weighted by atomic mass is 10.1. The molecule has 0 atom stereocenters. The molecule has 0 aliphatic rings. The first-order valence-electron chi connectivity index (χ1n) is 8.08. The highest BCUT2D eigenvalue weighted by atomic mass is 32.2. The molecule has 7 heteroatoms. The second kappa shape index (κ2) is 8.23. The molecule has 140 valence electrons. The van der Waals surface area contributed by atoms with Crippen LogP contribution in [0.3, 0.4) is 0 Å². The number of methoxy groups -OCH3 is 2. The lowest BCUT2D eigenvalue weighted by Crippen LogP contribution is -2.17. The highest BCUT2D eigenvalue weighted by Gasteiger charge is 2.19. The van der Waals surface area contributed by atoms with Gasteiger partial charge in [-0.25, -0.2) is 8.42 Å². The van der Waals surface area contributed by atoms with Gasteiger partial charge in [-0.15, -0.1) is 0 Å². The lowest BCUT2D eigenvalue weighted by Gasteiger charge is -2.11. The summed E-state index contributed by atoms with van der Waals surface area (Å²) in [7, 11) is -0.705. The molecule has 0 aromatic heterocycles. The summed E-state index contributed by atoms with van der Waals surface area (Å²) in [5.74, 6) is 0.128. The van der Waals surface area contributed by atoms with Crippen LogP contribution in [-0.2, 0) is 14.6 Å². The topological polar surface area (TPSA) is 81.7 Å². The summed E-state index contributed by atoms with van der Waals surface area (Å²) in [6.45, 7) is 3.93. The number of benzene rings is 2. The molecule has 0 bridgehead atoms. The Morgan fingerprint density at radius 3 is 2.27 bits per heavy atom. The van der Waals surface area contributed by atoms with Crippen molar-refractivity contribution >= 4 is 21.4 Å². The summed E-state index contributed by atoms with van der Waals surface area (Å²) in [6.07, 6.45) is -0.135. The van der Waals surface area contributed by atoms with Crippen LogP contribution in [0.15, 0.2) is 41.3 Å². The van der Waals surface area contributed by atoms with Crippen molar-refractivity contribution in [1.29, 1.82) is 0 Å². The van der Waals surface area contributed by atoms with E-state index < -0.39 is 9.84 Å². The van der Waals surface area contributed by atoms with Crippen LogP contribution in [0.25, 0.3) is 0 Å². The van der Waals surface area contributed by atoms with Gasteiger partial charge in [-0.3, -0.25) is 4.79 Å². The van der Waals surface area contributed by atoms with Gasteiger partial charge in [0, 0.05) is 18.2 Å². The van der Waals surface area contributed by atoms with Crippen LogP contribution in [0.5, 0.6) is 11.5 Å². The van der Waals surface area contributed by atoms with Crippen molar-refractivity contribution in [3.63, 3.8) is 0 Å². The Morgan fingerprint density at radius 2 is 1.65 bits per heavy atom. The van der Waals surface area contributed by atoms with E-state index in [4.69, 9.17) is 9.47 Å². The minimum absolute atomic E-state index is 0.0918.